The van der Waals surface area contributed by atoms with Crippen LogP contribution in [0.4, 0.5) is 5.69 Å². The molecule has 41 heavy (non-hydrogen) atoms. The monoisotopic (exact) mass is 564 g/mol. The number of rotatable bonds is 11. The maximum atomic E-state index is 13.4. The lowest BCUT2D eigenvalue weighted by molar-refractivity contribution is -0.113. The van der Waals surface area contributed by atoms with Crippen molar-refractivity contribution in [2.45, 2.75) is 24.7 Å². The molecule has 6 nitrogen and oxygen atoms in total. The summed E-state index contributed by atoms with van der Waals surface area (Å²) in [6.45, 7) is 4.23. The third kappa shape index (κ3) is 8.43. The highest BCUT2D eigenvalue weighted by atomic mass is 32.2. The molecule has 4 rings (SSSR count). The minimum absolute atomic E-state index is 0.00980. The van der Waals surface area contributed by atoms with Gasteiger partial charge in [-0.3, -0.25) is 14.4 Å². The van der Waals surface area contributed by atoms with Crippen LogP contribution in [0.3, 0.4) is 0 Å². The number of benzene rings is 4. The van der Waals surface area contributed by atoms with Gasteiger partial charge in [-0.2, -0.15) is 0 Å². The van der Waals surface area contributed by atoms with Crippen molar-refractivity contribution in [1.29, 1.82) is 0 Å². The SMILES string of the molecule is COc1ccc(C(=O)CSc2cccc(NC(=O)/C(=C/c3ccc(C(C)C)cc3)NC(=O)c3ccccc3)c2)cc1. The second-order valence-corrected chi connectivity index (χ2v) is 10.7. The molecule has 0 saturated carbocycles. The van der Waals surface area contributed by atoms with Crippen LogP contribution in [-0.4, -0.2) is 30.5 Å². The van der Waals surface area contributed by atoms with E-state index in [1.165, 1.54) is 17.3 Å². The number of hydrogen-bond acceptors (Lipinski definition) is 5. The van der Waals surface area contributed by atoms with Gasteiger partial charge < -0.3 is 15.4 Å². The molecule has 0 atom stereocenters. The van der Waals surface area contributed by atoms with Crippen molar-refractivity contribution in [3.63, 3.8) is 0 Å². The summed E-state index contributed by atoms with van der Waals surface area (Å²) in [7, 11) is 1.58. The number of thioether (sulfide) groups is 1. The first-order valence-corrected chi connectivity index (χ1v) is 14.2. The van der Waals surface area contributed by atoms with E-state index >= 15 is 0 Å². The van der Waals surface area contributed by atoms with Crippen molar-refractivity contribution in [3.05, 3.63) is 131 Å². The van der Waals surface area contributed by atoms with Crippen LogP contribution in [-0.2, 0) is 4.79 Å². The van der Waals surface area contributed by atoms with Gasteiger partial charge in [-0.25, -0.2) is 0 Å². The first-order chi connectivity index (χ1) is 19.8. The third-order valence-corrected chi connectivity index (χ3v) is 7.31. The summed E-state index contributed by atoms with van der Waals surface area (Å²) in [6, 6.07) is 30.9. The van der Waals surface area contributed by atoms with Gasteiger partial charge in [0, 0.05) is 21.7 Å². The minimum atomic E-state index is -0.460. The van der Waals surface area contributed by atoms with Crippen molar-refractivity contribution in [2.24, 2.45) is 0 Å². The Morgan fingerprint density at radius 1 is 0.829 bits per heavy atom. The van der Waals surface area contributed by atoms with Crippen LogP contribution in [0.5, 0.6) is 5.75 Å². The van der Waals surface area contributed by atoms with Crippen LogP contribution in [0.25, 0.3) is 6.08 Å². The van der Waals surface area contributed by atoms with E-state index in [2.05, 4.69) is 24.5 Å². The highest BCUT2D eigenvalue weighted by molar-refractivity contribution is 8.00. The molecule has 0 aliphatic heterocycles. The quantitative estimate of drug-likeness (QED) is 0.114. The van der Waals surface area contributed by atoms with Crippen molar-refractivity contribution >= 4 is 41.1 Å². The van der Waals surface area contributed by atoms with Gasteiger partial charge in [-0.1, -0.05) is 62.4 Å². The zero-order valence-corrected chi connectivity index (χ0v) is 24.0. The van der Waals surface area contributed by atoms with Gasteiger partial charge in [0.1, 0.15) is 11.4 Å². The molecule has 208 valence electrons. The molecule has 0 radical (unpaired) electrons. The maximum absolute atomic E-state index is 13.4. The third-order valence-electron chi connectivity index (χ3n) is 6.32. The van der Waals surface area contributed by atoms with Crippen LogP contribution in [0.1, 0.15) is 51.6 Å². The number of Topliss-reactive ketones (excluding diaryl/α,β-unsaturated/α-hetero) is 1. The normalized spacial score (nSPS) is 11.2. The summed E-state index contributed by atoms with van der Waals surface area (Å²) in [5, 5.41) is 5.66. The molecule has 0 saturated heterocycles. The number of nitrogens with one attached hydrogen (secondary N) is 2. The zero-order chi connectivity index (χ0) is 29.2. The van der Waals surface area contributed by atoms with E-state index in [1.54, 1.807) is 73.8 Å². The van der Waals surface area contributed by atoms with Gasteiger partial charge in [0.2, 0.25) is 0 Å². The maximum Gasteiger partial charge on any atom is 0.272 e. The molecule has 0 aliphatic rings. The number of carbonyl (C=O) groups is 3. The van der Waals surface area contributed by atoms with Gasteiger partial charge in [-0.15, -0.1) is 11.8 Å². The fraction of sp³-hybridized carbons (Fsp3) is 0.147. The molecule has 4 aromatic carbocycles. The van der Waals surface area contributed by atoms with E-state index in [-0.39, 0.29) is 23.1 Å². The van der Waals surface area contributed by atoms with Crippen LogP contribution >= 0.6 is 11.8 Å². The average molecular weight is 565 g/mol. The molecule has 0 heterocycles. The topological polar surface area (TPSA) is 84.5 Å². The molecule has 7 heteroatoms. The lowest BCUT2D eigenvalue weighted by atomic mass is 10.0. The Bertz CT molecular complexity index is 1530. The molecular weight excluding hydrogens is 532 g/mol. The summed E-state index contributed by atoms with van der Waals surface area (Å²) < 4.78 is 5.15. The Balaban J connectivity index is 1.48. The molecular formula is C34H32N2O4S. The van der Waals surface area contributed by atoms with Crippen molar-refractivity contribution in [2.75, 3.05) is 18.2 Å². The van der Waals surface area contributed by atoms with E-state index in [0.717, 1.165) is 10.5 Å². The smallest absolute Gasteiger partial charge is 0.272 e. The Morgan fingerprint density at radius 3 is 2.20 bits per heavy atom. The predicted octanol–water partition coefficient (Wildman–Crippen LogP) is 7.20. The van der Waals surface area contributed by atoms with Gasteiger partial charge in [0.05, 0.1) is 12.9 Å². The standard InChI is InChI=1S/C34H32N2O4S/c1-23(2)25-14-12-24(13-15-25)20-31(36-33(38)27-8-5-4-6-9-27)34(39)35-28-10-7-11-30(21-28)41-22-32(37)26-16-18-29(40-3)19-17-26/h4-21,23H,22H2,1-3H3,(H,35,39)(H,36,38)/b31-20-. The van der Waals surface area contributed by atoms with E-state index in [0.29, 0.717) is 28.5 Å². The lowest BCUT2D eigenvalue weighted by Crippen LogP contribution is -2.30. The van der Waals surface area contributed by atoms with Crippen LogP contribution in [0.15, 0.2) is 114 Å². The minimum Gasteiger partial charge on any atom is -0.497 e. The number of anilines is 1. The van der Waals surface area contributed by atoms with Gasteiger partial charge in [0.25, 0.3) is 11.8 Å². The molecule has 2 amide bonds. The van der Waals surface area contributed by atoms with E-state index < -0.39 is 5.91 Å². The molecule has 0 bridgehead atoms. The van der Waals surface area contributed by atoms with Gasteiger partial charge in [0.15, 0.2) is 5.78 Å². The molecule has 0 fully saturated rings. The van der Waals surface area contributed by atoms with Crippen LogP contribution < -0.4 is 15.4 Å². The first kappa shape index (κ1) is 29.4. The van der Waals surface area contributed by atoms with Gasteiger partial charge >= 0.3 is 0 Å². The molecule has 0 spiro atoms. The molecule has 0 aromatic heterocycles. The molecule has 0 aliphatic carbocycles. The largest absolute Gasteiger partial charge is 0.497 e. The summed E-state index contributed by atoms with van der Waals surface area (Å²) in [4.78, 5) is 39.8. The number of amides is 2. The van der Waals surface area contributed by atoms with Crippen molar-refractivity contribution in [1.82, 2.24) is 5.32 Å². The highest BCUT2D eigenvalue weighted by Gasteiger charge is 2.16. The molecule has 0 unspecified atom stereocenters. The number of carbonyl (C=O) groups excluding carboxylic acids is 3. The average Bonchev–Trinajstić information content (AvgIpc) is 3.00. The number of ketones is 1. The summed E-state index contributed by atoms with van der Waals surface area (Å²) in [6.07, 6.45) is 1.66. The Morgan fingerprint density at radius 2 is 1.54 bits per heavy atom. The summed E-state index contributed by atoms with van der Waals surface area (Å²) >= 11 is 1.38. The zero-order valence-electron chi connectivity index (χ0n) is 23.2. The molecule has 4 aromatic rings. The van der Waals surface area contributed by atoms with Crippen molar-refractivity contribution in [3.8, 4) is 5.75 Å². The Kier molecular flexibility index (Phi) is 10.1. The fourth-order valence-corrected chi connectivity index (χ4v) is 4.81. The van der Waals surface area contributed by atoms with Crippen LogP contribution in [0, 0.1) is 0 Å². The number of hydrogen-bond donors (Lipinski definition) is 2. The second kappa shape index (κ2) is 14.1. The first-order valence-electron chi connectivity index (χ1n) is 13.2. The van der Waals surface area contributed by atoms with E-state index in [1.807, 2.05) is 42.5 Å². The van der Waals surface area contributed by atoms with E-state index in [4.69, 9.17) is 4.74 Å². The van der Waals surface area contributed by atoms with Gasteiger partial charge in [-0.05, 0) is 77.7 Å². The highest BCUT2D eigenvalue weighted by Crippen LogP contribution is 2.24. The van der Waals surface area contributed by atoms with Crippen LogP contribution in [0.2, 0.25) is 0 Å². The van der Waals surface area contributed by atoms with E-state index in [9.17, 15) is 14.4 Å². The van der Waals surface area contributed by atoms with Crippen molar-refractivity contribution < 1.29 is 19.1 Å². The fourth-order valence-electron chi connectivity index (χ4n) is 3.96. The second-order valence-electron chi connectivity index (χ2n) is 9.62. The summed E-state index contributed by atoms with van der Waals surface area (Å²) in [5.41, 5.74) is 3.68. The summed E-state index contributed by atoms with van der Waals surface area (Å²) in [5.74, 6) is 0.466. The Labute approximate surface area is 244 Å². The number of methoxy groups -OCH3 is 1. The molecule has 2 N–H and O–H groups in total. The predicted molar refractivity (Wildman–Crippen MR) is 166 cm³/mol. The Hall–Kier alpha value is -4.62. The number of ether oxygens (including phenoxy) is 1. The lowest BCUT2D eigenvalue weighted by Gasteiger charge is -2.12.